The molecule has 0 aromatic heterocycles. The van der Waals surface area contributed by atoms with Crippen LogP contribution >= 0.6 is 0 Å². The lowest BCUT2D eigenvalue weighted by molar-refractivity contribution is -0.160. The van der Waals surface area contributed by atoms with Gasteiger partial charge in [0.25, 0.3) is 5.91 Å². The van der Waals surface area contributed by atoms with Gasteiger partial charge in [0.15, 0.2) is 0 Å². The van der Waals surface area contributed by atoms with Gasteiger partial charge in [-0.15, -0.1) is 0 Å². The van der Waals surface area contributed by atoms with E-state index in [-0.39, 0.29) is 18.5 Å². The zero-order chi connectivity index (χ0) is 24.0. The molecule has 0 unspecified atom stereocenters. The highest BCUT2D eigenvalue weighted by Gasteiger charge is 2.41. The highest BCUT2D eigenvalue weighted by atomic mass is 19.3. The minimum Gasteiger partial charge on any atom is -0.467 e. The molecule has 1 saturated heterocycles. The van der Waals surface area contributed by atoms with E-state index in [1.807, 2.05) is 0 Å². The molecule has 33 heavy (non-hydrogen) atoms. The summed E-state index contributed by atoms with van der Waals surface area (Å²) >= 11 is 0. The highest BCUT2D eigenvalue weighted by molar-refractivity contribution is 5.97. The van der Waals surface area contributed by atoms with Crippen LogP contribution in [0.3, 0.4) is 0 Å². The van der Waals surface area contributed by atoms with Crippen LogP contribution in [0.5, 0.6) is 11.5 Å². The van der Waals surface area contributed by atoms with E-state index in [2.05, 4.69) is 14.8 Å². The summed E-state index contributed by atoms with van der Waals surface area (Å²) < 4.78 is 52.6. The Labute approximate surface area is 187 Å². The standard InChI is InChI=1S/C22H21F3N2O6/c1-31-21(30)18-10-17(33-22(24)25)12-27(18)19(28)11-26-20(29)13-2-6-15(7-3-13)32-16-8-4-14(23)5-9-16/h2-9,17-18,22H,10-12H2,1H3,(H,26,29)/t17-,18+/m1/s1. The van der Waals surface area contributed by atoms with Crippen LogP contribution in [0.1, 0.15) is 16.8 Å². The lowest BCUT2D eigenvalue weighted by atomic mass is 10.2. The molecule has 1 aliphatic heterocycles. The number of benzene rings is 2. The van der Waals surface area contributed by atoms with Gasteiger partial charge in [-0.2, -0.15) is 8.78 Å². The van der Waals surface area contributed by atoms with Crippen molar-refractivity contribution in [3.05, 3.63) is 59.9 Å². The van der Waals surface area contributed by atoms with Gasteiger partial charge in [-0.3, -0.25) is 9.59 Å². The first kappa shape index (κ1) is 24.1. The Morgan fingerprint density at radius 2 is 1.67 bits per heavy atom. The van der Waals surface area contributed by atoms with Crippen LogP contribution in [0.25, 0.3) is 0 Å². The van der Waals surface area contributed by atoms with E-state index < -0.39 is 48.9 Å². The molecule has 1 aliphatic rings. The number of methoxy groups -OCH3 is 1. The Bertz CT molecular complexity index is 985. The van der Waals surface area contributed by atoms with Crippen molar-refractivity contribution in [3.8, 4) is 11.5 Å². The summed E-state index contributed by atoms with van der Waals surface area (Å²) in [5.74, 6) is -1.53. The number of nitrogens with zero attached hydrogens (tertiary/aromatic N) is 1. The van der Waals surface area contributed by atoms with Gasteiger partial charge in [-0.25, -0.2) is 9.18 Å². The van der Waals surface area contributed by atoms with Crippen molar-refractivity contribution in [2.75, 3.05) is 20.2 Å². The van der Waals surface area contributed by atoms with Crippen molar-refractivity contribution >= 4 is 17.8 Å². The van der Waals surface area contributed by atoms with Crippen molar-refractivity contribution in [2.45, 2.75) is 25.2 Å². The van der Waals surface area contributed by atoms with Gasteiger partial charge in [0.1, 0.15) is 23.4 Å². The van der Waals surface area contributed by atoms with E-state index in [1.165, 1.54) is 48.5 Å². The second-order valence-electron chi connectivity index (χ2n) is 7.10. The largest absolute Gasteiger partial charge is 0.467 e. The van der Waals surface area contributed by atoms with Gasteiger partial charge in [-0.05, 0) is 48.5 Å². The molecule has 2 amide bonds. The molecule has 0 saturated carbocycles. The fraction of sp³-hybridized carbons (Fsp3) is 0.318. The van der Waals surface area contributed by atoms with Crippen LogP contribution in [0.15, 0.2) is 48.5 Å². The van der Waals surface area contributed by atoms with E-state index >= 15 is 0 Å². The molecular weight excluding hydrogens is 445 g/mol. The summed E-state index contributed by atoms with van der Waals surface area (Å²) in [4.78, 5) is 37.9. The van der Waals surface area contributed by atoms with Gasteiger partial charge in [-0.1, -0.05) is 0 Å². The predicted molar refractivity (Wildman–Crippen MR) is 108 cm³/mol. The van der Waals surface area contributed by atoms with Crippen LogP contribution in [0.2, 0.25) is 0 Å². The minimum atomic E-state index is -3.04. The number of ether oxygens (including phenoxy) is 3. The third kappa shape index (κ3) is 6.45. The molecular formula is C22H21F3N2O6. The van der Waals surface area contributed by atoms with E-state index in [1.54, 1.807) is 0 Å². The summed E-state index contributed by atoms with van der Waals surface area (Å²) in [6, 6.07) is 10.3. The van der Waals surface area contributed by atoms with Crippen molar-refractivity contribution in [1.82, 2.24) is 10.2 Å². The third-order valence-corrected chi connectivity index (χ3v) is 4.92. The number of amides is 2. The predicted octanol–water partition coefficient (Wildman–Crippen LogP) is 2.73. The average molecular weight is 466 g/mol. The van der Waals surface area contributed by atoms with E-state index in [9.17, 15) is 27.6 Å². The fourth-order valence-electron chi connectivity index (χ4n) is 3.35. The van der Waals surface area contributed by atoms with E-state index in [0.29, 0.717) is 11.5 Å². The Morgan fingerprint density at radius 3 is 2.24 bits per heavy atom. The Kier molecular flexibility index (Phi) is 7.88. The van der Waals surface area contributed by atoms with Gasteiger partial charge < -0.3 is 24.4 Å². The van der Waals surface area contributed by atoms with Crippen molar-refractivity contribution in [1.29, 1.82) is 0 Å². The summed E-state index contributed by atoms with van der Waals surface area (Å²) in [7, 11) is 1.12. The second kappa shape index (κ2) is 10.8. The van der Waals surface area contributed by atoms with Crippen LogP contribution in [-0.4, -0.2) is 61.6 Å². The molecule has 176 valence electrons. The van der Waals surface area contributed by atoms with Crippen LogP contribution < -0.4 is 10.1 Å². The van der Waals surface area contributed by atoms with E-state index in [0.717, 1.165) is 12.0 Å². The average Bonchev–Trinajstić information content (AvgIpc) is 3.22. The molecule has 2 atom stereocenters. The molecule has 0 radical (unpaired) electrons. The first-order valence-electron chi connectivity index (χ1n) is 9.89. The lowest BCUT2D eigenvalue weighted by Gasteiger charge is -2.22. The monoisotopic (exact) mass is 466 g/mol. The van der Waals surface area contributed by atoms with Gasteiger partial charge in [0.2, 0.25) is 5.91 Å². The number of carbonyl (C=O) groups excluding carboxylic acids is 3. The number of hydrogen-bond acceptors (Lipinski definition) is 6. The van der Waals surface area contributed by atoms with Gasteiger partial charge in [0, 0.05) is 18.5 Å². The quantitative estimate of drug-likeness (QED) is 0.602. The molecule has 0 spiro atoms. The molecule has 2 aromatic carbocycles. The third-order valence-electron chi connectivity index (χ3n) is 4.92. The van der Waals surface area contributed by atoms with Crippen LogP contribution in [-0.2, 0) is 19.1 Å². The van der Waals surface area contributed by atoms with Gasteiger partial charge in [0.05, 0.1) is 19.8 Å². The maximum Gasteiger partial charge on any atom is 0.345 e. The second-order valence-corrected chi connectivity index (χ2v) is 7.10. The molecule has 1 heterocycles. The normalized spacial score (nSPS) is 17.7. The van der Waals surface area contributed by atoms with Crippen molar-refractivity contribution in [2.24, 2.45) is 0 Å². The molecule has 11 heteroatoms. The smallest absolute Gasteiger partial charge is 0.345 e. The number of halogens is 3. The lowest BCUT2D eigenvalue weighted by Crippen LogP contribution is -2.46. The molecule has 3 rings (SSSR count). The first-order chi connectivity index (χ1) is 15.8. The number of hydrogen-bond donors (Lipinski definition) is 1. The van der Waals surface area contributed by atoms with Crippen LogP contribution in [0.4, 0.5) is 13.2 Å². The number of esters is 1. The summed E-state index contributed by atoms with van der Waals surface area (Å²) in [6.45, 7) is -3.73. The van der Waals surface area contributed by atoms with Crippen molar-refractivity contribution in [3.63, 3.8) is 0 Å². The maximum absolute atomic E-state index is 13.0. The summed E-state index contributed by atoms with van der Waals surface area (Å²) in [5, 5.41) is 2.43. The topological polar surface area (TPSA) is 94.2 Å². The minimum absolute atomic E-state index is 0.133. The summed E-state index contributed by atoms with van der Waals surface area (Å²) in [6.07, 6.45) is -1.16. The Hall–Kier alpha value is -3.60. The number of alkyl halides is 2. The molecule has 8 nitrogen and oxygen atoms in total. The number of rotatable bonds is 8. The molecule has 0 aliphatic carbocycles. The van der Waals surface area contributed by atoms with Crippen molar-refractivity contribution < 1.29 is 41.8 Å². The zero-order valence-electron chi connectivity index (χ0n) is 17.5. The zero-order valence-corrected chi connectivity index (χ0v) is 17.5. The first-order valence-corrected chi connectivity index (χ1v) is 9.89. The SMILES string of the molecule is COC(=O)[C@@H]1C[C@@H](OC(F)F)CN1C(=O)CNC(=O)c1ccc(Oc2ccc(F)cc2)cc1. The molecule has 0 bridgehead atoms. The fourth-order valence-corrected chi connectivity index (χ4v) is 3.35. The summed E-state index contributed by atoms with van der Waals surface area (Å²) in [5.41, 5.74) is 0.235. The Balaban J connectivity index is 1.56. The number of likely N-dealkylation sites (tertiary alicyclic amines) is 1. The molecule has 2 aromatic rings. The van der Waals surface area contributed by atoms with Gasteiger partial charge >= 0.3 is 12.6 Å². The molecule has 1 N–H and O–H groups in total. The Morgan fingerprint density at radius 1 is 1.06 bits per heavy atom. The maximum atomic E-state index is 13.0. The van der Waals surface area contributed by atoms with E-state index in [4.69, 9.17) is 4.74 Å². The highest BCUT2D eigenvalue weighted by Crippen LogP contribution is 2.24. The van der Waals surface area contributed by atoms with Crippen LogP contribution in [0, 0.1) is 5.82 Å². The molecule has 1 fully saturated rings. The number of carbonyl (C=O) groups is 3. The number of nitrogens with one attached hydrogen (secondary N) is 1.